The third-order valence-corrected chi connectivity index (χ3v) is 4.97. The molecule has 0 spiro atoms. The van der Waals surface area contributed by atoms with Gasteiger partial charge in [-0.1, -0.05) is 66.7 Å². The molecule has 4 aromatic rings. The molecule has 23 heavy (non-hydrogen) atoms. The van der Waals surface area contributed by atoms with Crippen molar-refractivity contribution in [3.63, 3.8) is 0 Å². The van der Waals surface area contributed by atoms with Gasteiger partial charge >= 0.3 is 0 Å². The summed E-state index contributed by atoms with van der Waals surface area (Å²) in [5.41, 5.74) is 6.04. The fraction of sp³-hybridized carbons (Fsp3) is 0.0455. The zero-order valence-electron chi connectivity index (χ0n) is 12.5. The summed E-state index contributed by atoms with van der Waals surface area (Å²) in [6, 6.07) is 23.1. The van der Waals surface area contributed by atoms with Gasteiger partial charge in [0.2, 0.25) is 0 Å². The van der Waals surface area contributed by atoms with Crippen molar-refractivity contribution in [2.45, 2.75) is 6.42 Å². The molecular formula is C22H14O. The van der Waals surface area contributed by atoms with E-state index in [0.29, 0.717) is 0 Å². The molecule has 0 N–H and O–H groups in total. The fourth-order valence-corrected chi connectivity index (χ4v) is 4.05. The van der Waals surface area contributed by atoms with E-state index in [4.69, 9.17) is 0 Å². The van der Waals surface area contributed by atoms with Crippen LogP contribution in [0.5, 0.6) is 0 Å². The SMILES string of the molecule is O=Cc1cccc2c1c1c(c3ccccc32)-c2ccccc2C1. The summed E-state index contributed by atoms with van der Waals surface area (Å²) in [5.74, 6) is 0. The lowest BCUT2D eigenvalue weighted by atomic mass is 9.89. The van der Waals surface area contributed by atoms with Gasteiger partial charge in [0.05, 0.1) is 0 Å². The Morgan fingerprint density at radius 2 is 1.48 bits per heavy atom. The van der Waals surface area contributed by atoms with Crippen LogP contribution in [-0.2, 0) is 6.42 Å². The molecule has 0 heterocycles. The Morgan fingerprint density at radius 3 is 2.35 bits per heavy atom. The van der Waals surface area contributed by atoms with Crippen molar-refractivity contribution in [3.8, 4) is 11.1 Å². The molecule has 0 atom stereocenters. The number of aldehydes is 1. The van der Waals surface area contributed by atoms with E-state index >= 15 is 0 Å². The Hall–Kier alpha value is -2.93. The van der Waals surface area contributed by atoms with Crippen molar-refractivity contribution >= 4 is 27.8 Å². The lowest BCUT2D eigenvalue weighted by molar-refractivity contribution is 0.112. The van der Waals surface area contributed by atoms with E-state index in [2.05, 4.69) is 54.6 Å². The minimum atomic E-state index is 0.789. The van der Waals surface area contributed by atoms with Crippen LogP contribution in [0.4, 0.5) is 0 Å². The smallest absolute Gasteiger partial charge is 0.150 e. The second-order valence-corrected chi connectivity index (χ2v) is 6.12. The van der Waals surface area contributed by atoms with Gasteiger partial charge in [0.15, 0.2) is 6.29 Å². The Balaban J connectivity index is 2.09. The van der Waals surface area contributed by atoms with Crippen LogP contribution in [0.1, 0.15) is 21.5 Å². The van der Waals surface area contributed by atoms with Crippen LogP contribution in [-0.4, -0.2) is 6.29 Å². The van der Waals surface area contributed by atoms with Gasteiger partial charge in [-0.2, -0.15) is 0 Å². The zero-order valence-corrected chi connectivity index (χ0v) is 12.5. The summed E-state index contributed by atoms with van der Waals surface area (Å²) in [6.07, 6.45) is 1.89. The molecule has 0 saturated heterocycles. The van der Waals surface area contributed by atoms with Crippen molar-refractivity contribution in [2.75, 3.05) is 0 Å². The van der Waals surface area contributed by atoms with Crippen LogP contribution in [0.15, 0.2) is 66.7 Å². The molecule has 0 amide bonds. The highest BCUT2D eigenvalue weighted by atomic mass is 16.1. The van der Waals surface area contributed by atoms with Gasteiger partial charge in [-0.15, -0.1) is 0 Å². The number of fused-ring (bicyclic) bond motifs is 8. The Labute approximate surface area is 134 Å². The largest absolute Gasteiger partial charge is 0.298 e. The van der Waals surface area contributed by atoms with Gasteiger partial charge in [-0.25, -0.2) is 0 Å². The molecule has 0 fully saturated rings. The summed E-state index contributed by atoms with van der Waals surface area (Å²) >= 11 is 0. The van der Waals surface area contributed by atoms with E-state index in [1.54, 1.807) is 0 Å². The first-order valence-corrected chi connectivity index (χ1v) is 7.88. The summed E-state index contributed by atoms with van der Waals surface area (Å²) in [6.45, 7) is 0. The number of carbonyl (C=O) groups is 1. The van der Waals surface area contributed by atoms with E-state index in [1.165, 1.54) is 38.4 Å². The topological polar surface area (TPSA) is 17.1 Å². The highest BCUT2D eigenvalue weighted by molar-refractivity contribution is 6.20. The molecule has 0 aromatic heterocycles. The molecule has 1 aliphatic rings. The maximum Gasteiger partial charge on any atom is 0.150 e. The van der Waals surface area contributed by atoms with Crippen LogP contribution in [0, 0.1) is 0 Å². The Kier molecular flexibility index (Phi) is 2.48. The highest BCUT2D eigenvalue weighted by Crippen LogP contribution is 2.46. The molecule has 0 aliphatic heterocycles. The molecule has 1 aliphatic carbocycles. The molecular weight excluding hydrogens is 280 g/mol. The lowest BCUT2D eigenvalue weighted by Crippen LogP contribution is -1.92. The number of rotatable bonds is 1. The van der Waals surface area contributed by atoms with Crippen molar-refractivity contribution in [2.24, 2.45) is 0 Å². The van der Waals surface area contributed by atoms with E-state index < -0.39 is 0 Å². The van der Waals surface area contributed by atoms with Gasteiger partial charge in [-0.05, 0) is 50.2 Å². The minimum Gasteiger partial charge on any atom is -0.298 e. The first-order chi connectivity index (χ1) is 11.4. The zero-order chi connectivity index (χ0) is 15.4. The minimum absolute atomic E-state index is 0.789. The van der Waals surface area contributed by atoms with Gasteiger partial charge in [0.25, 0.3) is 0 Å². The van der Waals surface area contributed by atoms with Crippen molar-refractivity contribution in [1.29, 1.82) is 0 Å². The standard InChI is InChI=1S/C22H14O/c23-13-15-7-5-11-18-17-9-3-4-10-19(17)22-16-8-2-1-6-14(16)12-20(22)21(15)18/h1-11,13H,12H2. The molecule has 0 unspecified atom stereocenters. The normalized spacial score (nSPS) is 12.3. The van der Waals surface area contributed by atoms with Gasteiger partial charge in [0, 0.05) is 5.56 Å². The predicted octanol–water partition coefficient (Wildman–Crippen LogP) is 5.38. The van der Waals surface area contributed by atoms with E-state index in [-0.39, 0.29) is 0 Å². The predicted molar refractivity (Wildman–Crippen MR) is 95.1 cm³/mol. The molecule has 0 saturated carbocycles. The maximum absolute atomic E-state index is 11.6. The Bertz CT molecular complexity index is 1110. The average Bonchev–Trinajstić information content (AvgIpc) is 3.01. The van der Waals surface area contributed by atoms with Gasteiger partial charge in [-0.3, -0.25) is 4.79 Å². The number of benzene rings is 4. The Morgan fingerprint density at radius 1 is 0.739 bits per heavy atom. The number of hydrogen-bond donors (Lipinski definition) is 0. The van der Waals surface area contributed by atoms with Crippen LogP contribution >= 0.6 is 0 Å². The van der Waals surface area contributed by atoms with E-state index in [0.717, 1.165) is 23.7 Å². The van der Waals surface area contributed by atoms with E-state index in [9.17, 15) is 4.79 Å². The molecule has 4 aromatic carbocycles. The van der Waals surface area contributed by atoms with Crippen LogP contribution in [0.25, 0.3) is 32.7 Å². The summed E-state index contributed by atoms with van der Waals surface area (Å²) in [7, 11) is 0. The quantitative estimate of drug-likeness (QED) is 0.300. The first-order valence-electron chi connectivity index (χ1n) is 7.88. The van der Waals surface area contributed by atoms with E-state index in [1.807, 2.05) is 12.1 Å². The molecule has 1 nitrogen and oxygen atoms in total. The average molecular weight is 294 g/mol. The maximum atomic E-state index is 11.6. The number of carbonyl (C=O) groups excluding carboxylic acids is 1. The lowest BCUT2D eigenvalue weighted by Gasteiger charge is -2.13. The summed E-state index contributed by atoms with van der Waals surface area (Å²) in [5, 5.41) is 4.80. The van der Waals surface area contributed by atoms with Crippen molar-refractivity contribution in [1.82, 2.24) is 0 Å². The molecule has 5 rings (SSSR count). The monoisotopic (exact) mass is 294 g/mol. The second-order valence-electron chi connectivity index (χ2n) is 6.12. The van der Waals surface area contributed by atoms with Gasteiger partial charge < -0.3 is 0 Å². The molecule has 108 valence electrons. The van der Waals surface area contributed by atoms with Crippen molar-refractivity contribution in [3.05, 3.63) is 83.4 Å². The summed E-state index contributed by atoms with van der Waals surface area (Å²) < 4.78 is 0. The van der Waals surface area contributed by atoms with Crippen molar-refractivity contribution < 1.29 is 4.79 Å². The molecule has 0 bridgehead atoms. The fourth-order valence-electron chi connectivity index (χ4n) is 4.05. The first kappa shape index (κ1) is 12.6. The number of hydrogen-bond acceptors (Lipinski definition) is 1. The highest BCUT2D eigenvalue weighted by Gasteiger charge is 2.24. The third-order valence-electron chi connectivity index (χ3n) is 4.97. The van der Waals surface area contributed by atoms with Crippen LogP contribution < -0.4 is 0 Å². The van der Waals surface area contributed by atoms with Gasteiger partial charge in [0.1, 0.15) is 0 Å². The molecule has 1 heteroatoms. The van der Waals surface area contributed by atoms with Crippen LogP contribution in [0.2, 0.25) is 0 Å². The molecule has 0 radical (unpaired) electrons. The van der Waals surface area contributed by atoms with Crippen LogP contribution in [0.3, 0.4) is 0 Å². The summed E-state index contributed by atoms with van der Waals surface area (Å²) in [4.78, 5) is 11.6. The second kappa shape index (κ2) is 4.53. The third kappa shape index (κ3) is 1.59.